The van der Waals surface area contributed by atoms with Gasteiger partial charge in [0, 0.05) is 3.57 Å². The Hall–Kier alpha value is -1.50. The predicted molar refractivity (Wildman–Crippen MR) is 72.4 cm³/mol. The first-order valence-electron chi connectivity index (χ1n) is 4.88. The van der Waals surface area contributed by atoms with E-state index in [1.807, 2.05) is 6.07 Å². The van der Waals surface area contributed by atoms with Crippen LogP contribution < -0.4 is 10.1 Å². The fraction of sp³-hybridized carbons (Fsp3) is 0.0833. The Morgan fingerprint density at radius 2 is 2.24 bits per heavy atom. The number of nitrogens with one attached hydrogen (secondary N) is 1. The first kappa shape index (κ1) is 12.0. The van der Waals surface area contributed by atoms with Gasteiger partial charge in [-0.15, -0.1) is 0 Å². The van der Waals surface area contributed by atoms with E-state index in [4.69, 9.17) is 9.15 Å². The van der Waals surface area contributed by atoms with Gasteiger partial charge < -0.3 is 14.5 Å². The van der Waals surface area contributed by atoms with E-state index in [0.29, 0.717) is 5.56 Å². The third-order valence-corrected chi connectivity index (χ3v) is 3.10. The van der Waals surface area contributed by atoms with Gasteiger partial charge in [-0.1, -0.05) is 0 Å². The summed E-state index contributed by atoms with van der Waals surface area (Å²) < 4.78 is 10.9. The number of rotatable bonds is 3. The summed E-state index contributed by atoms with van der Waals surface area (Å²) in [7, 11) is 1.61. The number of methoxy groups -OCH3 is 1. The molecule has 0 spiro atoms. The average Bonchev–Trinajstić information content (AvgIpc) is 2.85. The van der Waals surface area contributed by atoms with Crippen LogP contribution in [0.3, 0.4) is 0 Å². The summed E-state index contributed by atoms with van der Waals surface area (Å²) >= 11 is 2.14. The molecule has 0 bridgehead atoms. The molecule has 1 amide bonds. The molecule has 1 aromatic heterocycles. The number of carbonyl (C=O) groups excluding carboxylic acids is 1. The van der Waals surface area contributed by atoms with Crippen molar-refractivity contribution in [1.82, 2.24) is 0 Å². The number of amides is 1. The smallest absolute Gasteiger partial charge is 0.258 e. The standard InChI is InChI=1S/C12H10INO3/c1-16-9-2-3-11(10(13)6-9)14-12(15)8-4-5-17-7-8/h2-7H,1H3,(H,14,15). The van der Waals surface area contributed by atoms with Crippen molar-refractivity contribution in [3.05, 3.63) is 45.9 Å². The SMILES string of the molecule is COc1ccc(NC(=O)c2ccoc2)c(I)c1. The molecule has 88 valence electrons. The molecule has 0 unspecified atom stereocenters. The third kappa shape index (κ3) is 2.79. The van der Waals surface area contributed by atoms with Crippen molar-refractivity contribution >= 4 is 34.2 Å². The lowest BCUT2D eigenvalue weighted by Gasteiger charge is -2.07. The van der Waals surface area contributed by atoms with E-state index in [1.54, 1.807) is 25.3 Å². The minimum absolute atomic E-state index is 0.193. The molecule has 2 rings (SSSR count). The number of carbonyl (C=O) groups is 1. The van der Waals surface area contributed by atoms with Crippen molar-refractivity contribution in [3.63, 3.8) is 0 Å². The molecule has 0 saturated carbocycles. The van der Waals surface area contributed by atoms with Crippen molar-refractivity contribution in [1.29, 1.82) is 0 Å². The van der Waals surface area contributed by atoms with E-state index in [2.05, 4.69) is 27.9 Å². The lowest BCUT2D eigenvalue weighted by Crippen LogP contribution is -2.11. The molecular weight excluding hydrogens is 333 g/mol. The molecule has 17 heavy (non-hydrogen) atoms. The fourth-order valence-electron chi connectivity index (χ4n) is 1.31. The maximum absolute atomic E-state index is 11.8. The Morgan fingerprint density at radius 1 is 1.41 bits per heavy atom. The monoisotopic (exact) mass is 343 g/mol. The van der Waals surface area contributed by atoms with Gasteiger partial charge >= 0.3 is 0 Å². The van der Waals surface area contributed by atoms with Gasteiger partial charge in [-0.3, -0.25) is 4.79 Å². The summed E-state index contributed by atoms with van der Waals surface area (Å²) in [5.74, 6) is 0.567. The van der Waals surface area contributed by atoms with Crippen molar-refractivity contribution in [2.24, 2.45) is 0 Å². The molecule has 0 atom stereocenters. The first-order chi connectivity index (χ1) is 8.20. The Morgan fingerprint density at radius 3 is 2.82 bits per heavy atom. The maximum Gasteiger partial charge on any atom is 0.258 e. The van der Waals surface area contributed by atoms with Crippen LogP contribution >= 0.6 is 22.6 Å². The molecule has 2 aromatic rings. The van der Waals surface area contributed by atoms with Gasteiger partial charge in [0.1, 0.15) is 12.0 Å². The maximum atomic E-state index is 11.8. The van der Waals surface area contributed by atoms with Crippen molar-refractivity contribution in [3.8, 4) is 5.75 Å². The summed E-state index contributed by atoms with van der Waals surface area (Å²) in [6.07, 6.45) is 2.87. The molecule has 5 heteroatoms. The van der Waals surface area contributed by atoms with Gasteiger partial charge in [-0.25, -0.2) is 0 Å². The summed E-state index contributed by atoms with van der Waals surface area (Å²) in [5.41, 5.74) is 1.24. The highest BCUT2D eigenvalue weighted by Crippen LogP contribution is 2.24. The van der Waals surface area contributed by atoms with Crippen LogP contribution in [0.15, 0.2) is 41.2 Å². The molecule has 1 aromatic carbocycles. The summed E-state index contributed by atoms with van der Waals surface area (Å²) in [6.45, 7) is 0. The average molecular weight is 343 g/mol. The Balaban J connectivity index is 2.16. The number of hydrogen-bond acceptors (Lipinski definition) is 3. The molecule has 0 aliphatic rings. The van der Waals surface area contributed by atoms with Gasteiger partial charge in [-0.2, -0.15) is 0 Å². The molecular formula is C12H10INO3. The van der Waals surface area contributed by atoms with Crippen LogP contribution in [0.25, 0.3) is 0 Å². The Labute approximate surface area is 112 Å². The van der Waals surface area contributed by atoms with E-state index < -0.39 is 0 Å². The van der Waals surface area contributed by atoms with Gasteiger partial charge in [0.25, 0.3) is 5.91 Å². The number of halogens is 1. The summed E-state index contributed by atoms with van der Waals surface area (Å²) in [5, 5.41) is 2.80. The van der Waals surface area contributed by atoms with Gasteiger partial charge in [0.15, 0.2) is 0 Å². The summed E-state index contributed by atoms with van der Waals surface area (Å²) in [6, 6.07) is 7.07. The topological polar surface area (TPSA) is 51.5 Å². The fourth-order valence-corrected chi connectivity index (χ4v) is 1.93. The second kappa shape index (κ2) is 5.22. The zero-order valence-electron chi connectivity index (χ0n) is 9.07. The highest BCUT2D eigenvalue weighted by atomic mass is 127. The Kier molecular flexibility index (Phi) is 3.68. The lowest BCUT2D eigenvalue weighted by atomic mass is 10.2. The van der Waals surface area contributed by atoms with Crippen LogP contribution in [-0.2, 0) is 0 Å². The number of benzene rings is 1. The largest absolute Gasteiger partial charge is 0.497 e. The first-order valence-corrected chi connectivity index (χ1v) is 5.95. The zero-order chi connectivity index (χ0) is 12.3. The van der Waals surface area contributed by atoms with E-state index >= 15 is 0 Å². The highest BCUT2D eigenvalue weighted by Gasteiger charge is 2.09. The quantitative estimate of drug-likeness (QED) is 0.872. The number of anilines is 1. The molecule has 1 N–H and O–H groups in total. The van der Waals surface area contributed by atoms with Crippen molar-refractivity contribution in [2.45, 2.75) is 0 Å². The van der Waals surface area contributed by atoms with Gasteiger partial charge in [-0.05, 0) is 46.9 Å². The van der Waals surface area contributed by atoms with Gasteiger partial charge in [0.2, 0.25) is 0 Å². The molecule has 0 saturated heterocycles. The Bertz CT molecular complexity index is 523. The summed E-state index contributed by atoms with van der Waals surface area (Å²) in [4.78, 5) is 11.8. The molecule has 0 fully saturated rings. The minimum atomic E-state index is -0.193. The van der Waals surface area contributed by atoms with Crippen LogP contribution in [0.2, 0.25) is 0 Å². The normalized spacial score (nSPS) is 10.0. The van der Waals surface area contributed by atoms with Crippen LogP contribution in [0.1, 0.15) is 10.4 Å². The van der Waals surface area contributed by atoms with Gasteiger partial charge in [0.05, 0.1) is 24.6 Å². The minimum Gasteiger partial charge on any atom is -0.497 e. The van der Waals surface area contributed by atoms with E-state index in [-0.39, 0.29) is 5.91 Å². The molecule has 1 heterocycles. The third-order valence-electron chi connectivity index (χ3n) is 2.21. The van der Waals surface area contributed by atoms with E-state index in [0.717, 1.165) is 15.0 Å². The second-order valence-corrected chi connectivity index (χ2v) is 4.47. The van der Waals surface area contributed by atoms with Crippen LogP contribution in [0.4, 0.5) is 5.69 Å². The number of furan rings is 1. The molecule has 4 nitrogen and oxygen atoms in total. The molecule has 0 aliphatic carbocycles. The lowest BCUT2D eigenvalue weighted by molar-refractivity contribution is 0.102. The molecule has 0 aliphatic heterocycles. The number of hydrogen-bond donors (Lipinski definition) is 1. The van der Waals surface area contributed by atoms with Crippen molar-refractivity contribution in [2.75, 3.05) is 12.4 Å². The van der Waals surface area contributed by atoms with Crippen LogP contribution in [0, 0.1) is 3.57 Å². The molecule has 0 radical (unpaired) electrons. The van der Waals surface area contributed by atoms with E-state index in [1.165, 1.54) is 12.5 Å². The van der Waals surface area contributed by atoms with Crippen molar-refractivity contribution < 1.29 is 13.9 Å². The highest BCUT2D eigenvalue weighted by molar-refractivity contribution is 14.1. The van der Waals surface area contributed by atoms with Crippen LogP contribution in [-0.4, -0.2) is 13.0 Å². The second-order valence-electron chi connectivity index (χ2n) is 3.31. The number of ether oxygens (including phenoxy) is 1. The van der Waals surface area contributed by atoms with Crippen LogP contribution in [0.5, 0.6) is 5.75 Å². The zero-order valence-corrected chi connectivity index (χ0v) is 11.2. The van der Waals surface area contributed by atoms with E-state index in [9.17, 15) is 4.79 Å². The predicted octanol–water partition coefficient (Wildman–Crippen LogP) is 3.15.